The van der Waals surface area contributed by atoms with E-state index in [1.54, 1.807) is 18.2 Å². The number of nitrogens with one attached hydrogen (secondary N) is 1. The summed E-state index contributed by atoms with van der Waals surface area (Å²) in [5.74, 6) is -0.572. The number of nitrogens with zero attached hydrogens (tertiary/aromatic N) is 1. The third kappa shape index (κ3) is 3.51. The number of halogens is 1. The minimum Gasteiger partial charge on any atom is -0.495 e. The second kappa shape index (κ2) is 6.27. The Morgan fingerprint density at radius 2 is 2.14 bits per heavy atom. The van der Waals surface area contributed by atoms with Gasteiger partial charge in [0.05, 0.1) is 19.0 Å². The summed E-state index contributed by atoms with van der Waals surface area (Å²) < 4.78 is 18.0. The largest absolute Gasteiger partial charge is 0.495 e. The first-order valence-corrected chi connectivity index (χ1v) is 6.33. The maximum Gasteiger partial charge on any atom is 0.274 e. The number of ether oxygens (including phenoxy) is 1. The Labute approximate surface area is 125 Å². The summed E-state index contributed by atoms with van der Waals surface area (Å²) in [6, 6.07) is 7.36. The summed E-state index contributed by atoms with van der Waals surface area (Å²) in [6.45, 7) is 0. The van der Waals surface area contributed by atoms with Crippen LogP contribution in [0.25, 0.3) is 0 Å². The minimum atomic E-state index is -0.509. The highest BCUT2D eigenvalue weighted by molar-refractivity contribution is 7.80. The molecule has 0 atom stereocenters. The van der Waals surface area contributed by atoms with Crippen molar-refractivity contribution < 1.29 is 13.9 Å². The highest BCUT2D eigenvalue weighted by Gasteiger charge is 2.12. The third-order valence-corrected chi connectivity index (χ3v) is 2.93. The summed E-state index contributed by atoms with van der Waals surface area (Å²) in [7, 11) is 1.46. The minimum absolute atomic E-state index is 0.0943. The van der Waals surface area contributed by atoms with Gasteiger partial charge in [0.1, 0.15) is 22.2 Å². The topological polar surface area (TPSA) is 77.2 Å². The monoisotopic (exact) mass is 305 g/mol. The third-order valence-electron chi connectivity index (χ3n) is 2.69. The molecule has 0 spiro atoms. The van der Waals surface area contributed by atoms with Crippen LogP contribution in [-0.2, 0) is 0 Å². The Bertz CT molecular complexity index is 689. The molecule has 0 saturated heterocycles. The Kier molecular flexibility index (Phi) is 4.44. The van der Waals surface area contributed by atoms with Crippen molar-refractivity contribution in [1.29, 1.82) is 0 Å². The zero-order chi connectivity index (χ0) is 15.4. The lowest BCUT2D eigenvalue weighted by Gasteiger charge is -2.11. The van der Waals surface area contributed by atoms with Crippen molar-refractivity contribution in [3.8, 4) is 5.75 Å². The SMILES string of the molecule is COc1cc(C(N)=S)ccc1NC(=O)c1ccc(F)cn1. The normalized spacial score (nSPS) is 10.0. The molecule has 0 fully saturated rings. The molecule has 5 nitrogen and oxygen atoms in total. The second-order valence-electron chi connectivity index (χ2n) is 4.10. The molecule has 0 unspecified atom stereocenters. The molecular formula is C14H12FN3O2S. The number of aromatic nitrogens is 1. The van der Waals surface area contributed by atoms with Gasteiger partial charge in [-0.1, -0.05) is 12.2 Å². The molecule has 0 aliphatic carbocycles. The van der Waals surface area contributed by atoms with Gasteiger partial charge in [0.25, 0.3) is 5.91 Å². The van der Waals surface area contributed by atoms with E-state index in [0.717, 1.165) is 12.3 Å². The molecule has 0 aliphatic rings. The van der Waals surface area contributed by atoms with E-state index in [1.807, 2.05) is 0 Å². The number of anilines is 1. The molecule has 108 valence electrons. The summed E-state index contributed by atoms with van der Waals surface area (Å²) in [4.78, 5) is 15.9. The maximum atomic E-state index is 12.8. The lowest BCUT2D eigenvalue weighted by atomic mass is 10.2. The van der Waals surface area contributed by atoms with Crippen molar-refractivity contribution in [1.82, 2.24) is 4.98 Å². The first-order valence-electron chi connectivity index (χ1n) is 5.92. The van der Waals surface area contributed by atoms with E-state index in [4.69, 9.17) is 22.7 Å². The van der Waals surface area contributed by atoms with Crippen LogP contribution in [0.1, 0.15) is 16.1 Å². The average Bonchev–Trinajstić information content (AvgIpc) is 2.48. The maximum absolute atomic E-state index is 12.8. The number of pyridine rings is 1. The highest BCUT2D eigenvalue weighted by Crippen LogP contribution is 2.26. The Morgan fingerprint density at radius 1 is 1.38 bits per heavy atom. The van der Waals surface area contributed by atoms with Crippen molar-refractivity contribution in [2.75, 3.05) is 12.4 Å². The predicted molar refractivity (Wildman–Crippen MR) is 81.0 cm³/mol. The number of hydrogen-bond acceptors (Lipinski definition) is 4. The Balaban J connectivity index is 2.24. The van der Waals surface area contributed by atoms with E-state index >= 15 is 0 Å². The van der Waals surface area contributed by atoms with Gasteiger partial charge >= 0.3 is 0 Å². The van der Waals surface area contributed by atoms with E-state index < -0.39 is 11.7 Å². The van der Waals surface area contributed by atoms with Gasteiger partial charge in [0.15, 0.2) is 0 Å². The predicted octanol–water partition coefficient (Wildman–Crippen LogP) is 2.12. The van der Waals surface area contributed by atoms with Crippen LogP contribution >= 0.6 is 12.2 Å². The molecule has 0 saturated carbocycles. The number of carbonyl (C=O) groups is 1. The van der Waals surface area contributed by atoms with E-state index in [-0.39, 0.29) is 10.7 Å². The fourth-order valence-electron chi connectivity index (χ4n) is 1.64. The smallest absolute Gasteiger partial charge is 0.274 e. The van der Waals surface area contributed by atoms with Crippen molar-refractivity contribution in [2.24, 2.45) is 5.73 Å². The molecular weight excluding hydrogens is 293 g/mol. The first-order chi connectivity index (χ1) is 10.0. The zero-order valence-electron chi connectivity index (χ0n) is 11.1. The van der Waals surface area contributed by atoms with Crippen LogP contribution in [0, 0.1) is 5.82 Å². The summed E-state index contributed by atoms with van der Waals surface area (Å²) in [5.41, 5.74) is 6.69. The van der Waals surface area contributed by atoms with E-state index in [0.29, 0.717) is 17.0 Å². The van der Waals surface area contributed by atoms with Gasteiger partial charge in [-0.2, -0.15) is 0 Å². The number of rotatable bonds is 4. The molecule has 0 aliphatic heterocycles. The van der Waals surface area contributed by atoms with Crippen LogP contribution in [-0.4, -0.2) is 23.0 Å². The summed E-state index contributed by atoms with van der Waals surface area (Å²) in [6.07, 6.45) is 0.974. The fourth-order valence-corrected chi connectivity index (χ4v) is 1.77. The zero-order valence-corrected chi connectivity index (χ0v) is 11.9. The van der Waals surface area contributed by atoms with E-state index in [2.05, 4.69) is 10.3 Å². The molecule has 1 aromatic carbocycles. The highest BCUT2D eigenvalue weighted by atomic mass is 32.1. The van der Waals surface area contributed by atoms with Crippen LogP contribution in [0.3, 0.4) is 0 Å². The number of carbonyl (C=O) groups excluding carboxylic acids is 1. The Hall–Kier alpha value is -2.54. The van der Waals surface area contributed by atoms with Crippen molar-refractivity contribution >= 4 is 28.8 Å². The van der Waals surface area contributed by atoms with Gasteiger partial charge in [-0.3, -0.25) is 4.79 Å². The molecule has 0 radical (unpaired) electrons. The molecule has 0 bridgehead atoms. The molecule has 3 N–H and O–H groups in total. The van der Waals surface area contributed by atoms with Crippen molar-refractivity contribution in [3.63, 3.8) is 0 Å². The van der Waals surface area contributed by atoms with Crippen LogP contribution in [0.15, 0.2) is 36.5 Å². The molecule has 1 amide bonds. The van der Waals surface area contributed by atoms with Gasteiger partial charge in [-0.15, -0.1) is 0 Å². The number of benzene rings is 1. The molecule has 2 rings (SSSR count). The van der Waals surface area contributed by atoms with Gasteiger partial charge in [-0.05, 0) is 30.3 Å². The van der Waals surface area contributed by atoms with E-state index in [1.165, 1.54) is 13.2 Å². The van der Waals surface area contributed by atoms with Crippen LogP contribution in [0.4, 0.5) is 10.1 Å². The van der Waals surface area contributed by atoms with Gasteiger partial charge in [0, 0.05) is 5.56 Å². The van der Waals surface area contributed by atoms with Gasteiger partial charge in [-0.25, -0.2) is 9.37 Å². The van der Waals surface area contributed by atoms with Crippen LogP contribution < -0.4 is 15.8 Å². The van der Waals surface area contributed by atoms with E-state index in [9.17, 15) is 9.18 Å². The average molecular weight is 305 g/mol. The van der Waals surface area contributed by atoms with Crippen molar-refractivity contribution in [3.05, 3.63) is 53.6 Å². The fraction of sp³-hybridized carbons (Fsp3) is 0.0714. The molecule has 7 heteroatoms. The first kappa shape index (κ1) is 14.9. The lowest BCUT2D eigenvalue weighted by molar-refractivity contribution is 0.102. The van der Waals surface area contributed by atoms with Gasteiger partial charge < -0.3 is 15.8 Å². The number of amides is 1. The van der Waals surface area contributed by atoms with Gasteiger partial charge in [0.2, 0.25) is 0 Å². The standard InChI is InChI=1S/C14H12FN3O2S/c1-20-12-6-8(13(16)21)2-4-10(12)18-14(19)11-5-3-9(15)7-17-11/h2-7H,1H3,(H2,16,21)(H,18,19). The number of thiocarbonyl (C=S) groups is 1. The summed E-state index contributed by atoms with van der Waals surface area (Å²) in [5, 5.41) is 2.63. The van der Waals surface area contributed by atoms with Crippen LogP contribution in [0.2, 0.25) is 0 Å². The summed E-state index contributed by atoms with van der Waals surface area (Å²) >= 11 is 4.88. The molecule has 2 aromatic rings. The Morgan fingerprint density at radius 3 is 2.71 bits per heavy atom. The number of nitrogens with two attached hydrogens (primary N) is 1. The second-order valence-corrected chi connectivity index (χ2v) is 4.53. The molecule has 1 aromatic heterocycles. The number of hydrogen-bond donors (Lipinski definition) is 2. The van der Waals surface area contributed by atoms with Crippen LogP contribution in [0.5, 0.6) is 5.75 Å². The molecule has 1 heterocycles. The molecule has 21 heavy (non-hydrogen) atoms. The number of methoxy groups -OCH3 is 1. The quantitative estimate of drug-likeness (QED) is 0.846. The lowest BCUT2D eigenvalue weighted by Crippen LogP contribution is -2.15. The van der Waals surface area contributed by atoms with Crippen molar-refractivity contribution in [2.45, 2.75) is 0 Å².